The number of carboxylic acid groups (broad SMARTS) is 1. The molecule has 0 amide bonds. The Morgan fingerprint density at radius 2 is 1.60 bits per heavy atom. The average molecular weight is 426 g/mol. The predicted molar refractivity (Wildman–Crippen MR) is 125 cm³/mol. The first kappa shape index (κ1) is 22.4. The highest BCUT2D eigenvalue weighted by molar-refractivity contribution is 8.03. The van der Waals surface area contributed by atoms with E-state index in [9.17, 15) is 4.79 Å². The van der Waals surface area contributed by atoms with Gasteiger partial charge >= 0.3 is 5.97 Å². The van der Waals surface area contributed by atoms with Gasteiger partial charge in [-0.15, -0.1) is 0 Å². The lowest BCUT2D eigenvalue weighted by molar-refractivity contribution is -0.697. The second-order valence-electron chi connectivity index (χ2n) is 7.95. The van der Waals surface area contributed by atoms with Gasteiger partial charge in [0.25, 0.3) is 0 Å². The van der Waals surface area contributed by atoms with Gasteiger partial charge in [0.1, 0.15) is 6.54 Å². The molecule has 0 atom stereocenters. The number of aromatic nitrogens is 1. The number of nitrogens with zero attached hydrogens (tertiary/aromatic N) is 2. The van der Waals surface area contributed by atoms with E-state index < -0.39 is 5.97 Å². The monoisotopic (exact) mass is 425 g/mol. The van der Waals surface area contributed by atoms with Gasteiger partial charge in [-0.3, -0.25) is 4.79 Å². The molecule has 1 aliphatic heterocycles. The van der Waals surface area contributed by atoms with Crippen LogP contribution in [0.3, 0.4) is 0 Å². The summed E-state index contributed by atoms with van der Waals surface area (Å²) >= 11 is 1.83. The fraction of sp³-hybridized carbons (Fsp3) is 0.440. The fourth-order valence-electron chi connectivity index (χ4n) is 3.73. The number of hydrogen-bond acceptors (Lipinski definition) is 3. The predicted octanol–water partition coefficient (Wildman–Crippen LogP) is 6.11. The van der Waals surface area contributed by atoms with Crippen molar-refractivity contribution in [3.05, 3.63) is 59.4 Å². The molecular weight excluding hydrogens is 392 g/mol. The molecule has 0 aliphatic carbocycles. The van der Waals surface area contributed by atoms with E-state index in [0.717, 1.165) is 25.8 Å². The first-order chi connectivity index (χ1) is 14.6. The maximum atomic E-state index is 10.5. The summed E-state index contributed by atoms with van der Waals surface area (Å²) in [5, 5.41) is 9.88. The van der Waals surface area contributed by atoms with Gasteiger partial charge in [0, 0.05) is 36.9 Å². The molecule has 1 aliphatic rings. The van der Waals surface area contributed by atoms with Crippen LogP contribution in [-0.2, 0) is 11.3 Å². The molecule has 0 fully saturated rings. The van der Waals surface area contributed by atoms with Crippen LogP contribution in [0.25, 0.3) is 6.08 Å². The van der Waals surface area contributed by atoms with Crippen LogP contribution in [0, 0.1) is 0 Å². The van der Waals surface area contributed by atoms with Crippen molar-refractivity contribution in [2.75, 3.05) is 11.9 Å². The topological polar surface area (TPSA) is 44.4 Å². The Kier molecular flexibility index (Phi) is 8.81. The molecule has 1 N–H and O–H groups in total. The van der Waals surface area contributed by atoms with E-state index in [1.807, 2.05) is 11.8 Å². The summed E-state index contributed by atoms with van der Waals surface area (Å²) in [6.45, 7) is 1.07. The lowest BCUT2D eigenvalue weighted by atomic mass is 10.1. The first-order valence-corrected chi connectivity index (χ1v) is 11.9. The van der Waals surface area contributed by atoms with Gasteiger partial charge in [-0.2, -0.15) is 0 Å². The Hall–Kier alpha value is -2.27. The van der Waals surface area contributed by atoms with E-state index in [4.69, 9.17) is 5.11 Å². The highest BCUT2D eigenvalue weighted by Gasteiger charge is 2.21. The Morgan fingerprint density at radius 3 is 2.27 bits per heavy atom. The van der Waals surface area contributed by atoms with Gasteiger partial charge in [0.2, 0.25) is 0 Å². The third-order valence-corrected chi connectivity index (χ3v) is 6.70. The number of carboxylic acids is 1. The smallest absolute Gasteiger partial charge is 0.303 e. The van der Waals surface area contributed by atoms with Crippen LogP contribution in [-0.4, -0.2) is 18.1 Å². The molecule has 0 saturated heterocycles. The number of aliphatic carboxylic acids is 1. The molecule has 1 aromatic carbocycles. The molecule has 2 aromatic rings. The van der Waals surface area contributed by atoms with Gasteiger partial charge in [0.05, 0.1) is 10.7 Å². The second-order valence-corrected chi connectivity index (χ2v) is 9.02. The molecule has 160 valence electrons. The number of para-hydroxylation sites is 1. The normalized spacial score (nSPS) is 14.3. The van der Waals surface area contributed by atoms with Gasteiger partial charge in [-0.1, -0.05) is 56.0 Å². The number of aryl methyl sites for hydroxylation is 1. The maximum Gasteiger partial charge on any atom is 0.303 e. The highest BCUT2D eigenvalue weighted by atomic mass is 32.2. The largest absolute Gasteiger partial charge is 0.481 e. The molecule has 30 heavy (non-hydrogen) atoms. The van der Waals surface area contributed by atoms with Crippen molar-refractivity contribution in [3.63, 3.8) is 0 Å². The van der Waals surface area contributed by atoms with E-state index in [1.54, 1.807) is 0 Å². The van der Waals surface area contributed by atoms with Crippen LogP contribution in [0.2, 0.25) is 0 Å². The van der Waals surface area contributed by atoms with Crippen molar-refractivity contribution in [1.82, 2.24) is 0 Å². The SMILES string of the molecule is CN1C(=Cc2cc[n+](CCCCCCCCCCC(=O)O)cc2)Sc2ccccc21. The number of thioether (sulfide) groups is 1. The van der Waals surface area contributed by atoms with Crippen LogP contribution in [0.4, 0.5) is 5.69 Å². The Morgan fingerprint density at radius 1 is 0.967 bits per heavy atom. The lowest BCUT2D eigenvalue weighted by Gasteiger charge is -2.13. The van der Waals surface area contributed by atoms with Gasteiger partial charge in [-0.05, 0) is 36.6 Å². The summed E-state index contributed by atoms with van der Waals surface area (Å²) in [6.07, 6.45) is 16.2. The van der Waals surface area contributed by atoms with Gasteiger partial charge < -0.3 is 10.0 Å². The Balaban J connectivity index is 1.32. The molecular formula is C25H33N2O2S+. The van der Waals surface area contributed by atoms with Crippen molar-refractivity contribution in [2.24, 2.45) is 0 Å². The van der Waals surface area contributed by atoms with E-state index in [1.165, 1.54) is 53.3 Å². The molecule has 0 saturated carbocycles. The van der Waals surface area contributed by atoms with Crippen LogP contribution in [0.15, 0.2) is 58.7 Å². The summed E-state index contributed by atoms with van der Waals surface area (Å²) in [6, 6.07) is 12.9. The van der Waals surface area contributed by atoms with Gasteiger partial charge in [-0.25, -0.2) is 4.57 Å². The number of hydrogen-bond donors (Lipinski definition) is 1. The first-order valence-electron chi connectivity index (χ1n) is 11.1. The molecule has 5 heteroatoms. The quantitative estimate of drug-likeness (QED) is 0.329. The Labute approximate surface area is 184 Å². The lowest BCUT2D eigenvalue weighted by Crippen LogP contribution is -2.32. The molecule has 2 heterocycles. The second kappa shape index (κ2) is 11.8. The highest BCUT2D eigenvalue weighted by Crippen LogP contribution is 2.45. The minimum absolute atomic E-state index is 0.316. The van der Waals surface area contributed by atoms with Crippen molar-refractivity contribution < 1.29 is 14.5 Å². The molecule has 4 nitrogen and oxygen atoms in total. The van der Waals surface area contributed by atoms with Crippen molar-refractivity contribution in [1.29, 1.82) is 0 Å². The minimum atomic E-state index is -0.674. The van der Waals surface area contributed by atoms with E-state index >= 15 is 0 Å². The number of unbranched alkanes of at least 4 members (excludes halogenated alkanes) is 7. The summed E-state index contributed by atoms with van der Waals surface area (Å²) in [4.78, 5) is 14.0. The molecule has 3 rings (SSSR count). The molecule has 0 radical (unpaired) electrons. The number of rotatable bonds is 12. The van der Waals surface area contributed by atoms with E-state index in [2.05, 4.69) is 71.4 Å². The zero-order chi connectivity index (χ0) is 21.2. The summed E-state index contributed by atoms with van der Waals surface area (Å²) in [5.74, 6) is -0.674. The number of pyridine rings is 1. The molecule has 0 unspecified atom stereocenters. The van der Waals surface area contributed by atoms with Crippen LogP contribution in [0.5, 0.6) is 0 Å². The summed E-state index contributed by atoms with van der Waals surface area (Å²) < 4.78 is 2.27. The maximum absolute atomic E-state index is 10.5. The van der Waals surface area contributed by atoms with Crippen LogP contribution in [0.1, 0.15) is 63.4 Å². The minimum Gasteiger partial charge on any atom is -0.481 e. The molecule has 0 spiro atoms. The fourth-order valence-corrected chi connectivity index (χ4v) is 4.85. The summed E-state index contributed by atoms with van der Waals surface area (Å²) in [7, 11) is 2.13. The number of anilines is 1. The third kappa shape index (κ3) is 6.91. The summed E-state index contributed by atoms with van der Waals surface area (Å²) in [5.41, 5.74) is 2.51. The van der Waals surface area contributed by atoms with E-state index in [-0.39, 0.29) is 0 Å². The zero-order valence-corrected chi connectivity index (χ0v) is 18.7. The zero-order valence-electron chi connectivity index (χ0n) is 17.9. The van der Waals surface area contributed by atoms with Gasteiger partial charge in [0.15, 0.2) is 12.4 Å². The Bertz CT molecular complexity index is 848. The van der Waals surface area contributed by atoms with Crippen LogP contribution < -0.4 is 9.47 Å². The standard InChI is InChI=1S/C25H32N2O2S/c1-26-22-12-9-10-13-23(22)30-24(26)20-21-15-18-27(19-16-21)17-11-7-5-3-2-4-6-8-14-25(28)29/h9-10,12-13,15-16,18-20H,2-8,11,14,17H2,1H3/p+1. The number of carbonyl (C=O) groups is 1. The molecule has 0 bridgehead atoms. The van der Waals surface area contributed by atoms with Crippen molar-refractivity contribution in [3.8, 4) is 0 Å². The third-order valence-electron chi connectivity index (χ3n) is 5.54. The van der Waals surface area contributed by atoms with Crippen LogP contribution >= 0.6 is 11.8 Å². The van der Waals surface area contributed by atoms with Crippen molar-refractivity contribution in [2.45, 2.75) is 69.2 Å². The number of fused-ring (bicyclic) bond motifs is 1. The van der Waals surface area contributed by atoms with Crippen molar-refractivity contribution >= 4 is 29.5 Å². The van der Waals surface area contributed by atoms with E-state index in [0.29, 0.717) is 6.42 Å². The average Bonchev–Trinajstić information content (AvgIpc) is 3.06. The number of benzene rings is 1. The molecule has 1 aromatic heterocycles.